The molecule has 1 aliphatic rings. The third-order valence-electron chi connectivity index (χ3n) is 5.96. The molecule has 0 saturated carbocycles. The lowest BCUT2D eigenvalue weighted by Crippen LogP contribution is -2.36. The molecule has 35 heavy (non-hydrogen) atoms. The van der Waals surface area contributed by atoms with Crippen molar-refractivity contribution in [1.82, 2.24) is 19.6 Å². The van der Waals surface area contributed by atoms with E-state index < -0.39 is 5.97 Å². The normalized spacial score (nSPS) is 14.3. The summed E-state index contributed by atoms with van der Waals surface area (Å²) in [6.45, 7) is 2.87. The number of hydrogen-bond donors (Lipinski definition) is 1. The molecule has 0 amide bonds. The fraction of sp³-hybridized carbons (Fsp3) is 0.154. The number of thiophene rings is 1. The average Bonchev–Trinajstić information content (AvgIpc) is 3.52. The maximum atomic E-state index is 11.5. The minimum absolute atomic E-state index is 0.269. The number of pyridine rings is 1. The molecule has 0 radical (unpaired) electrons. The van der Waals surface area contributed by atoms with E-state index in [1.165, 1.54) is 11.3 Å². The van der Waals surface area contributed by atoms with Crippen LogP contribution in [0.25, 0.3) is 39.3 Å². The van der Waals surface area contributed by atoms with Gasteiger partial charge in [-0.1, -0.05) is 24.3 Å². The van der Waals surface area contributed by atoms with Crippen LogP contribution in [0.15, 0.2) is 60.8 Å². The number of anilines is 1. The van der Waals surface area contributed by atoms with Gasteiger partial charge >= 0.3 is 5.97 Å². The van der Waals surface area contributed by atoms with Crippen molar-refractivity contribution in [2.75, 3.05) is 31.2 Å². The van der Waals surface area contributed by atoms with Gasteiger partial charge < -0.3 is 14.7 Å². The fourth-order valence-corrected chi connectivity index (χ4v) is 5.15. The smallest absolute Gasteiger partial charge is 0.345 e. The molecule has 1 fully saturated rings. The number of para-hydroxylation sites is 1. The molecular weight excluding hydrogens is 462 g/mol. The van der Waals surface area contributed by atoms with Gasteiger partial charge in [0.1, 0.15) is 10.6 Å². The van der Waals surface area contributed by atoms with Crippen molar-refractivity contribution < 1.29 is 14.6 Å². The van der Waals surface area contributed by atoms with Gasteiger partial charge in [0.25, 0.3) is 0 Å². The van der Waals surface area contributed by atoms with E-state index >= 15 is 0 Å². The number of morpholine rings is 1. The number of aromatic carboxylic acids is 1. The van der Waals surface area contributed by atoms with Gasteiger partial charge in [0.15, 0.2) is 5.65 Å². The monoisotopic (exact) mass is 483 g/mol. The summed E-state index contributed by atoms with van der Waals surface area (Å²) < 4.78 is 7.32. The topological polar surface area (TPSA) is 92.8 Å². The molecule has 1 aromatic carbocycles. The molecule has 0 unspecified atom stereocenters. The number of hydrogen-bond acceptors (Lipinski definition) is 7. The van der Waals surface area contributed by atoms with Gasteiger partial charge in [-0.25, -0.2) is 19.3 Å². The van der Waals surface area contributed by atoms with Crippen molar-refractivity contribution in [3.63, 3.8) is 0 Å². The summed E-state index contributed by atoms with van der Waals surface area (Å²) in [7, 11) is 0. The molecule has 4 aromatic heterocycles. The predicted octanol–water partition coefficient (Wildman–Crippen LogP) is 4.71. The first-order valence-corrected chi connectivity index (χ1v) is 12.1. The number of rotatable bonds is 5. The van der Waals surface area contributed by atoms with Gasteiger partial charge in [0, 0.05) is 18.5 Å². The molecule has 1 saturated heterocycles. The number of aromatic nitrogens is 4. The summed E-state index contributed by atoms with van der Waals surface area (Å²) in [5.74, 6) is -0.950. The van der Waals surface area contributed by atoms with E-state index in [1.807, 2.05) is 60.7 Å². The summed E-state index contributed by atoms with van der Waals surface area (Å²) in [4.78, 5) is 24.5. The second-order valence-corrected chi connectivity index (χ2v) is 9.21. The van der Waals surface area contributed by atoms with Crippen molar-refractivity contribution in [3.8, 4) is 10.6 Å². The van der Waals surface area contributed by atoms with E-state index in [0.29, 0.717) is 18.9 Å². The van der Waals surface area contributed by atoms with Crippen LogP contribution in [0.2, 0.25) is 0 Å². The lowest BCUT2D eigenvalue weighted by Gasteiger charge is -2.28. The Bertz CT molecular complexity index is 1580. The van der Waals surface area contributed by atoms with E-state index in [4.69, 9.17) is 14.7 Å². The Kier molecular flexibility index (Phi) is 5.48. The van der Waals surface area contributed by atoms with E-state index in [0.717, 1.165) is 51.6 Å². The van der Waals surface area contributed by atoms with Gasteiger partial charge in [0.2, 0.25) is 0 Å². The largest absolute Gasteiger partial charge is 0.477 e. The highest BCUT2D eigenvalue weighted by Crippen LogP contribution is 2.34. The number of carbonyl (C=O) groups is 1. The highest BCUT2D eigenvalue weighted by Gasteiger charge is 2.22. The van der Waals surface area contributed by atoms with E-state index in [9.17, 15) is 9.90 Å². The van der Waals surface area contributed by atoms with Crippen LogP contribution in [-0.4, -0.2) is 57.0 Å². The molecule has 9 heteroatoms. The number of fused-ring (bicyclic) bond motifs is 2. The standard InChI is InChI=1S/C26H21N5O3S/c32-26(33)23-10-9-22(35-23)24-20(8-7-18-6-5-17-3-1-2-4-19(17)28-18)29-25-21(11-12-27-31(24)25)30-13-15-34-16-14-30/h1-12H,13-16H2,(H,32,33). The second-order valence-electron chi connectivity index (χ2n) is 8.13. The van der Waals surface area contributed by atoms with Gasteiger partial charge in [-0.3, -0.25) is 0 Å². The van der Waals surface area contributed by atoms with Crippen LogP contribution >= 0.6 is 11.3 Å². The first-order valence-electron chi connectivity index (χ1n) is 11.3. The molecule has 1 N–H and O–H groups in total. The first-order chi connectivity index (χ1) is 17.2. The molecule has 0 atom stereocenters. The van der Waals surface area contributed by atoms with Gasteiger partial charge in [-0.2, -0.15) is 5.10 Å². The van der Waals surface area contributed by atoms with Crippen LogP contribution in [-0.2, 0) is 4.74 Å². The average molecular weight is 484 g/mol. The van der Waals surface area contributed by atoms with Crippen LogP contribution in [0.3, 0.4) is 0 Å². The first kappa shape index (κ1) is 21.5. The number of nitrogens with zero attached hydrogens (tertiary/aromatic N) is 5. The molecule has 1 aliphatic heterocycles. The quantitative estimate of drug-likeness (QED) is 0.387. The van der Waals surface area contributed by atoms with E-state index in [1.54, 1.807) is 16.8 Å². The molecule has 8 nitrogen and oxygen atoms in total. The molecule has 174 valence electrons. The van der Waals surface area contributed by atoms with E-state index in [2.05, 4.69) is 10.00 Å². The summed E-state index contributed by atoms with van der Waals surface area (Å²) in [5, 5.41) is 15.1. The summed E-state index contributed by atoms with van der Waals surface area (Å²) in [6.07, 6.45) is 5.61. The van der Waals surface area contributed by atoms with Crippen LogP contribution in [0.1, 0.15) is 21.1 Å². The minimum atomic E-state index is -0.950. The lowest BCUT2D eigenvalue weighted by molar-refractivity contribution is 0.0702. The van der Waals surface area contributed by atoms with Crippen molar-refractivity contribution in [2.24, 2.45) is 0 Å². The minimum Gasteiger partial charge on any atom is -0.477 e. The van der Waals surface area contributed by atoms with E-state index in [-0.39, 0.29) is 4.88 Å². The number of carboxylic acid groups (broad SMARTS) is 1. The molecular formula is C26H21N5O3S. The van der Waals surface area contributed by atoms with Gasteiger partial charge in [-0.05, 0) is 42.5 Å². The van der Waals surface area contributed by atoms with Crippen molar-refractivity contribution in [3.05, 3.63) is 77.1 Å². The van der Waals surface area contributed by atoms with Crippen LogP contribution < -0.4 is 4.90 Å². The molecule has 5 aromatic rings. The van der Waals surface area contributed by atoms with Crippen molar-refractivity contribution in [2.45, 2.75) is 0 Å². The predicted molar refractivity (Wildman–Crippen MR) is 137 cm³/mol. The Morgan fingerprint density at radius 2 is 1.86 bits per heavy atom. The number of imidazole rings is 1. The Hall–Kier alpha value is -4.08. The highest BCUT2D eigenvalue weighted by atomic mass is 32.1. The Morgan fingerprint density at radius 3 is 2.69 bits per heavy atom. The number of ether oxygens (including phenoxy) is 1. The van der Waals surface area contributed by atoms with Crippen LogP contribution in [0.4, 0.5) is 5.69 Å². The lowest BCUT2D eigenvalue weighted by atomic mass is 10.2. The summed E-state index contributed by atoms with van der Waals surface area (Å²) >= 11 is 1.21. The highest BCUT2D eigenvalue weighted by molar-refractivity contribution is 7.17. The zero-order valence-corrected chi connectivity index (χ0v) is 19.5. The third-order valence-corrected chi connectivity index (χ3v) is 7.04. The molecule has 0 spiro atoms. The van der Waals surface area contributed by atoms with Crippen LogP contribution in [0, 0.1) is 0 Å². The second kappa shape index (κ2) is 8.94. The maximum Gasteiger partial charge on any atom is 0.345 e. The molecule has 0 bridgehead atoms. The summed E-state index contributed by atoms with van der Waals surface area (Å²) in [5.41, 5.74) is 4.89. The zero-order valence-electron chi connectivity index (χ0n) is 18.7. The molecule has 0 aliphatic carbocycles. The van der Waals surface area contributed by atoms with Gasteiger partial charge in [-0.15, -0.1) is 11.3 Å². The number of carboxylic acids is 1. The molecule has 5 heterocycles. The Morgan fingerprint density at radius 1 is 1.00 bits per heavy atom. The third kappa shape index (κ3) is 4.05. The van der Waals surface area contributed by atoms with Crippen molar-refractivity contribution >= 4 is 51.7 Å². The number of benzene rings is 1. The molecule has 6 rings (SSSR count). The summed E-state index contributed by atoms with van der Waals surface area (Å²) in [6, 6.07) is 17.4. The van der Waals surface area contributed by atoms with Crippen molar-refractivity contribution in [1.29, 1.82) is 0 Å². The Balaban J connectivity index is 1.49. The SMILES string of the molecule is O=C(O)c1ccc(-c2c(C=Cc3ccc4ccccc4n3)nc3c(N4CCOCC4)ccnn23)s1. The Labute approximate surface area is 204 Å². The zero-order chi connectivity index (χ0) is 23.8. The van der Waals surface area contributed by atoms with Crippen LogP contribution in [0.5, 0.6) is 0 Å². The van der Waals surface area contributed by atoms with Gasteiger partial charge in [0.05, 0.1) is 46.9 Å². The fourth-order valence-electron chi connectivity index (χ4n) is 4.27. The maximum absolute atomic E-state index is 11.5.